The van der Waals surface area contributed by atoms with Crippen molar-refractivity contribution in [2.45, 2.75) is 43.5 Å². The molecule has 6 heteroatoms. The van der Waals surface area contributed by atoms with E-state index in [2.05, 4.69) is 16.4 Å². The second kappa shape index (κ2) is 6.62. The highest BCUT2D eigenvalue weighted by Gasteiger charge is 2.31. The van der Waals surface area contributed by atoms with Crippen LogP contribution in [0.1, 0.15) is 44.9 Å². The summed E-state index contributed by atoms with van der Waals surface area (Å²) >= 11 is 0. The number of anilines is 1. The van der Waals surface area contributed by atoms with Crippen LogP contribution < -0.4 is 5.32 Å². The second-order valence-electron chi connectivity index (χ2n) is 6.60. The maximum atomic E-state index is 12.4. The summed E-state index contributed by atoms with van der Waals surface area (Å²) in [5.41, 5.74) is 2.38. The van der Waals surface area contributed by atoms with Gasteiger partial charge in [0.2, 0.25) is 0 Å². The summed E-state index contributed by atoms with van der Waals surface area (Å²) in [6.07, 6.45) is 1.53. The van der Waals surface area contributed by atoms with Crippen LogP contribution in [0.4, 0.5) is 5.69 Å². The average molecular weight is 343 g/mol. The molecule has 0 aliphatic carbocycles. The van der Waals surface area contributed by atoms with Gasteiger partial charge < -0.3 is 5.32 Å². The lowest BCUT2D eigenvalue weighted by atomic mass is 10.1. The third kappa shape index (κ3) is 3.74. The van der Waals surface area contributed by atoms with Gasteiger partial charge >= 0.3 is 0 Å². The Morgan fingerprint density at radius 3 is 2.21 bits per heavy atom. The van der Waals surface area contributed by atoms with Crippen LogP contribution in [0, 0.1) is 11.3 Å². The molecule has 1 aromatic carbocycles. The van der Waals surface area contributed by atoms with E-state index in [0.717, 1.165) is 11.3 Å². The third-order valence-electron chi connectivity index (χ3n) is 3.74. The van der Waals surface area contributed by atoms with Gasteiger partial charge in [-0.3, -0.25) is 0 Å². The van der Waals surface area contributed by atoms with Crippen molar-refractivity contribution in [1.29, 1.82) is 5.26 Å². The van der Waals surface area contributed by atoms with Crippen molar-refractivity contribution in [2.24, 2.45) is 0 Å². The predicted molar refractivity (Wildman–Crippen MR) is 94.4 cm³/mol. The van der Waals surface area contributed by atoms with Crippen molar-refractivity contribution in [1.82, 2.24) is 4.98 Å². The molecule has 1 heterocycles. The van der Waals surface area contributed by atoms with Crippen molar-refractivity contribution in [2.75, 3.05) is 5.32 Å². The Morgan fingerprint density at radius 1 is 1.12 bits per heavy atom. The van der Waals surface area contributed by atoms with Gasteiger partial charge in [0.25, 0.3) is 0 Å². The molecule has 1 unspecified atom stereocenters. The van der Waals surface area contributed by atoms with E-state index < -0.39 is 14.6 Å². The fourth-order valence-electron chi connectivity index (χ4n) is 2.12. The van der Waals surface area contributed by atoms with E-state index in [0.29, 0.717) is 5.56 Å². The molecule has 0 spiro atoms. The summed E-state index contributed by atoms with van der Waals surface area (Å²) in [5.74, 6) is 0. The quantitative estimate of drug-likeness (QED) is 0.915. The average Bonchev–Trinajstić information content (AvgIpc) is 2.54. The molecule has 0 amide bonds. The summed E-state index contributed by atoms with van der Waals surface area (Å²) in [4.78, 5) is 4.10. The van der Waals surface area contributed by atoms with Crippen LogP contribution in [-0.4, -0.2) is 18.1 Å². The molecule has 0 radical (unpaired) electrons. The highest BCUT2D eigenvalue weighted by Crippen LogP contribution is 2.25. The van der Waals surface area contributed by atoms with Gasteiger partial charge in [0.05, 0.1) is 28.3 Å². The number of nitrogens with one attached hydrogen (secondary N) is 1. The van der Waals surface area contributed by atoms with Crippen LogP contribution in [0.2, 0.25) is 0 Å². The maximum Gasteiger partial charge on any atom is 0.200 e. The predicted octanol–water partition coefficient (Wildman–Crippen LogP) is 3.70. The molecule has 0 aliphatic heterocycles. The van der Waals surface area contributed by atoms with Crippen LogP contribution in [-0.2, 0) is 9.84 Å². The van der Waals surface area contributed by atoms with Crippen LogP contribution >= 0.6 is 0 Å². The molecule has 2 rings (SSSR count). The number of pyridine rings is 1. The molecule has 1 aromatic heterocycles. The minimum Gasteiger partial charge on any atom is -0.377 e. The molecule has 24 heavy (non-hydrogen) atoms. The van der Waals surface area contributed by atoms with Crippen LogP contribution in [0.3, 0.4) is 0 Å². The standard InChI is InChI=1S/C18H21N3O2S/c1-13(15-7-5-14(11-19)6-8-15)21-16-9-10-17(20-12-16)24(22,23)18(2,3)4/h5-10,12-13,21H,1-4H3. The van der Waals surface area contributed by atoms with Crippen molar-refractivity contribution >= 4 is 15.5 Å². The zero-order chi connectivity index (χ0) is 18.0. The first kappa shape index (κ1) is 18.0. The van der Waals surface area contributed by atoms with Crippen molar-refractivity contribution in [3.63, 3.8) is 0 Å². The molecule has 5 nitrogen and oxygen atoms in total. The molecule has 0 aliphatic rings. The summed E-state index contributed by atoms with van der Waals surface area (Å²) in [6.45, 7) is 6.95. The van der Waals surface area contributed by atoms with Gasteiger partial charge in [0.15, 0.2) is 14.9 Å². The van der Waals surface area contributed by atoms with Gasteiger partial charge in [-0.15, -0.1) is 0 Å². The van der Waals surface area contributed by atoms with Gasteiger partial charge in [-0.05, 0) is 57.5 Å². The monoisotopic (exact) mass is 343 g/mol. The highest BCUT2D eigenvalue weighted by molar-refractivity contribution is 7.92. The Hall–Kier alpha value is -2.39. The molecule has 0 saturated heterocycles. The second-order valence-corrected chi connectivity index (χ2v) is 9.25. The van der Waals surface area contributed by atoms with E-state index in [1.165, 1.54) is 12.3 Å². The lowest BCUT2D eigenvalue weighted by Crippen LogP contribution is -2.28. The molecule has 0 bridgehead atoms. The number of hydrogen-bond acceptors (Lipinski definition) is 5. The fraction of sp³-hybridized carbons (Fsp3) is 0.333. The van der Waals surface area contributed by atoms with Crippen LogP contribution in [0.15, 0.2) is 47.6 Å². The first-order valence-corrected chi connectivity index (χ1v) is 9.11. The number of nitriles is 1. The Labute approximate surface area is 143 Å². The first-order chi connectivity index (χ1) is 11.1. The van der Waals surface area contributed by atoms with Gasteiger partial charge in [0.1, 0.15) is 0 Å². The number of hydrogen-bond donors (Lipinski definition) is 1. The van der Waals surface area contributed by atoms with E-state index in [4.69, 9.17) is 5.26 Å². The van der Waals surface area contributed by atoms with E-state index in [1.807, 2.05) is 19.1 Å². The van der Waals surface area contributed by atoms with Crippen molar-refractivity contribution in [3.05, 3.63) is 53.7 Å². The Balaban J connectivity index is 2.15. The minimum absolute atomic E-state index is 0.00427. The van der Waals surface area contributed by atoms with Crippen molar-refractivity contribution in [3.8, 4) is 6.07 Å². The maximum absolute atomic E-state index is 12.4. The largest absolute Gasteiger partial charge is 0.377 e. The molecule has 1 atom stereocenters. The highest BCUT2D eigenvalue weighted by atomic mass is 32.2. The van der Waals surface area contributed by atoms with Crippen molar-refractivity contribution < 1.29 is 8.42 Å². The Bertz CT molecular complexity index is 843. The third-order valence-corrected chi connectivity index (χ3v) is 6.15. The zero-order valence-electron chi connectivity index (χ0n) is 14.2. The normalized spacial score (nSPS) is 13.1. The van der Waals surface area contributed by atoms with Gasteiger partial charge in [-0.1, -0.05) is 12.1 Å². The molecule has 0 fully saturated rings. The van der Waals surface area contributed by atoms with Gasteiger partial charge in [-0.2, -0.15) is 5.26 Å². The van der Waals surface area contributed by atoms with E-state index in [-0.39, 0.29) is 11.1 Å². The topological polar surface area (TPSA) is 82.8 Å². The number of rotatable bonds is 4. The SMILES string of the molecule is CC(Nc1ccc(S(=O)(=O)C(C)(C)C)nc1)c1ccc(C#N)cc1. The number of benzene rings is 1. The fourth-order valence-corrected chi connectivity index (χ4v) is 3.18. The van der Waals surface area contributed by atoms with Gasteiger partial charge in [0, 0.05) is 6.04 Å². The van der Waals surface area contributed by atoms with E-state index in [9.17, 15) is 8.42 Å². The van der Waals surface area contributed by atoms with Gasteiger partial charge in [-0.25, -0.2) is 13.4 Å². The number of nitrogens with zero attached hydrogens (tertiary/aromatic N) is 2. The van der Waals surface area contributed by atoms with E-state index in [1.54, 1.807) is 39.0 Å². The lowest BCUT2D eigenvalue weighted by Gasteiger charge is -2.19. The Kier molecular flexibility index (Phi) is 4.95. The molecule has 126 valence electrons. The molecular weight excluding hydrogens is 322 g/mol. The minimum atomic E-state index is -3.45. The number of sulfone groups is 1. The summed E-state index contributed by atoms with van der Waals surface area (Å²) in [7, 11) is -3.45. The molecule has 0 saturated carbocycles. The zero-order valence-corrected chi connectivity index (χ0v) is 15.1. The first-order valence-electron chi connectivity index (χ1n) is 7.62. The Morgan fingerprint density at radius 2 is 1.75 bits per heavy atom. The molecular formula is C18H21N3O2S. The summed E-state index contributed by atoms with van der Waals surface area (Å²) in [6, 6.07) is 12.6. The van der Waals surface area contributed by atoms with Crippen LogP contribution in [0.25, 0.3) is 0 Å². The lowest BCUT2D eigenvalue weighted by molar-refractivity contribution is 0.556. The van der Waals surface area contributed by atoms with Crippen LogP contribution in [0.5, 0.6) is 0 Å². The summed E-state index contributed by atoms with van der Waals surface area (Å²) in [5, 5.41) is 12.2. The summed E-state index contributed by atoms with van der Waals surface area (Å²) < 4.78 is 23.8. The smallest absolute Gasteiger partial charge is 0.200 e. The molecule has 1 N–H and O–H groups in total. The molecule has 2 aromatic rings. The number of aromatic nitrogens is 1. The van der Waals surface area contributed by atoms with E-state index >= 15 is 0 Å².